The molecule has 0 bridgehead atoms. The number of ether oxygens (including phenoxy) is 2. The van der Waals surface area contributed by atoms with Crippen molar-refractivity contribution in [2.75, 3.05) is 7.11 Å². The van der Waals surface area contributed by atoms with E-state index in [-0.39, 0.29) is 12.2 Å². The van der Waals surface area contributed by atoms with Crippen LogP contribution in [0.15, 0.2) is 18.2 Å². The van der Waals surface area contributed by atoms with Crippen molar-refractivity contribution in [2.24, 2.45) is 0 Å². The van der Waals surface area contributed by atoms with Crippen LogP contribution in [0.4, 0.5) is 0 Å². The third kappa shape index (κ3) is 3.03. The molecular formula is C15H22O3. The Kier molecular flexibility index (Phi) is 4.25. The Bertz CT molecular complexity index is 403. The van der Waals surface area contributed by atoms with E-state index < -0.39 is 6.10 Å². The third-order valence-electron chi connectivity index (χ3n) is 3.56. The van der Waals surface area contributed by atoms with Gasteiger partial charge >= 0.3 is 0 Å². The van der Waals surface area contributed by atoms with Gasteiger partial charge < -0.3 is 14.6 Å². The van der Waals surface area contributed by atoms with E-state index in [1.54, 1.807) is 7.11 Å². The van der Waals surface area contributed by atoms with Crippen LogP contribution < -0.4 is 4.74 Å². The molecule has 2 rings (SSSR count). The molecule has 3 atom stereocenters. The minimum absolute atomic E-state index is 0.0368. The first-order chi connectivity index (χ1) is 8.60. The predicted octanol–water partition coefficient (Wildman–Crippen LogP) is 2.47. The van der Waals surface area contributed by atoms with Gasteiger partial charge in [0.05, 0.1) is 25.4 Å². The Morgan fingerprint density at radius 1 is 1.44 bits per heavy atom. The molecule has 100 valence electrons. The second-order valence-electron chi connectivity index (χ2n) is 5.15. The molecule has 0 spiro atoms. The van der Waals surface area contributed by atoms with E-state index in [4.69, 9.17) is 9.47 Å². The van der Waals surface area contributed by atoms with Crippen molar-refractivity contribution in [3.8, 4) is 5.75 Å². The molecular weight excluding hydrogens is 228 g/mol. The molecule has 0 saturated carbocycles. The summed E-state index contributed by atoms with van der Waals surface area (Å²) in [5, 5.41) is 10.3. The minimum atomic E-state index is -0.453. The van der Waals surface area contributed by atoms with Crippen molar-refractivity contribution in [2.45, 2.75) is 51.4 Å². The maximum absolute atomic E-state index is 10.3. The van der Waals surface area contributed by atoms with Gasteiger partial charge in [0.2, 0.25) is 0 Å². The van der Waals surface area contributed by atoms with Crippen LogP contribution in [0, 0.1) is 6.92 Å². The van der Waals surface area contributed by atoms with Gasteiger partial charge in [0.25, 0.3) is 0 Å². The number of rotatable bonds is 4. The summed E-state index contributed by atoms with van der Waals surface area (Å²) in [6, 6.07) is 6.04. The van der Waals surface area contributed by atoms with Crippen molar-refractivity contribution in [3.63, 3.8) is 0 Å². The minimum Gasteiger partial charge on any atom is -0.496 e. The zero-order chi connectivity index (χ0) is 13.1. The van der Waals surface area contributed by atoms with Crippen LogP contribution in [0.3, 0.4) is 0 Å². The lowest BCUT2D eigenvalue weighted by atomic mass is 9.99. The third-order valence-corrected chi connectivity index (χ3v) is 3.56. The largest absolute Gasteiger partial charge is 0.496 e. The maximum atomic E-state index is 10.3. The van der Waals surface area contributed by atoms with Gasteiger partial charge in [-0.15, -0.1) is 0 Å². The molecule has 1 aromatic rings. The fourth-order valence-electron chi connectivity index (χ4n) is 2.54. The first-order valence-electron chi connectivity index (χ1n) is 6.57. The summed E-state index contributed by atoms with van der Waals surface area (Å²) in [4.78, 5) is 0. The molecule has 3 unspecified atom stereocenters. The molecule has 1 aliphatic rings. The van der Waals surface area contributed by atoms with Crippen LogP contribution in [0.2, 0.25) is 0 Å². The van der Waals surface area contributed by atoms with Crippen LogP contribution in [0.1, 0.15) is 30.9 Å². The molecule has 0 radical (unpaired) electrons. The number of aliphatic hydroxyl groups excluding tert-OH is 1. The van der Waals surface area contributed by atoms with Crippen molar-refractivity contribution >= 4 is 0 Å². The zero-order valence-electron chi connectivity index (χ0n) is 11.3. The summed E-state index contributed by atoms with van der Waals surface area (Å²) in [5.74, 6) is 0.839. The number of hydrogen-bond acceptors (Lipinski definition) is 3. The van der Waals surface area contributed by atoms with E-state index in [0.29, 0.717) is 6.42 Å². The fourth-order valence-corrected chi connectivity index (χ4v) is 2.54. The van der Waals surface area contributed by atoms with Crippen LogP contribution >= 0.6 is 0 Å². The lowest BCUT2D eigenvalue weighted by Crippen LogP contribution is -2.28. The van der Waals surface area contributed by atoms with Gasteiger partial charge in [-0.3, -0.25) is 0 Å². The topological polar surface area (TPSA) is 38.7 Å². The lowest BCUT2D eigenvalue weighted by molar-refractivity contribution is -0.0280. The number of hydrogen-bond donors (Lipinski definition) is 1. The molecule has 0 aromatic heterocycles. The summed E-state index contributed by atoms with van der Waals surface area (Å²) in [6.45, 7) is 4.10. The van der Waals surface area contributed by atoms with Gasteiger partial charge in [0.15, 0.2) is 0 Å². The lowest BCUT2D eigenvalue weighted by Gasteiger charge is -2.19. The van der Waals surface area contributed by atoms with Gasteiger partial charge in [-0.1, -0.05) is 17.7 Å². The van der Waals surface area contributed by atoms with Gasteiger partial charge in [0.1, 0.15) is 5.75 Å². The highest BCUT2D eigenvalue weighted by molar-refractivity contribution is 5.37. The highest BCUT2D eigenvalue weighted by atomic mass is 16.5. The molecule has 1 saturated heterocycles. The van der Waals surface area contributed by atoms with Crippen molar-refractivity contribution in [3.05, 3.63) is 29.3 Å². The number of aryl methyl sites for hydroxylation is 1. The molecule has 1 heterocycles. The molecule has 0 amide bonds. The average Bonchev–Trinajstić information content (AvgIpc) is 2.76. The molecule has 3 nitrogen and oxygen atoms in total. The van der Waals surface area contributed by atoms with E-state index in [1.807, 2.05) is 19.1 Å². The molecule has 3 heteroatoms. The summed E-state index contributed by atoms with van der Waals surface area (Å²) in [7, 11) is 1.66. The fraction of sp³-hybridized carbons (Fsp3) is 0.600. The van der Waals surface area contributed by atoms with Crippen LogP contribution in [-0.2, 0) is 11.2 Å². The normalized spacial score (nSPS) is 25.1. The van der Waals surface area contributed by atoms with Gasteiger partial charge in [-0.25, -0.2) is 0 Å². The van der Waals surface area contributed by atoms with E-state index in [1.165, 1.54) is 5.56 Å². The second-order valence-corrected chi connectivity index (χ2v) is 5.15. The van der Waals surface area contributed by atoms with Crippen LogP contribution in [0.25, 0.3) is 0 Å². The average molecular weight is 250 g/mol. The number of benzene rings is 1. The standard InChI is InChI=1S/C15H22O3/c1-10-4-6-14(17-3)12(8-10)9-13(16)15-7-5-11(2)18-15/h4,6,8,11,13,15-16H,5,7,9H2,1-3H3. The smallest absolute Gasteiger partial charge is 0.122 e. The second kappa shape index (κ2) is 5.72. The quantitative estimate of drug-likeness (QED) is 0.892. The van der Waals surface area contributed by atoms with Gasteiger partial charge in [-0.05, 0) is 38.3 Å². The number of methoxy groups -OCH3 is 1. The molecule has 1 fully saturated rings. The maximum Gasteiger partial charge on any atom is 0.122 e. The van der Waals surface area contributed by atoms with Crippen LogP contribution in [-0.4, -0.2) is 30.5 Å². The highest BCUT2D eigenvalue weighted by Crippen LogP contribution is 2.26. The summed E-state index contributed by atoms with van der Waals surface area (Å²) < 4.78 is 11.0. The van der Waals surface area contributed by atoms with E-state index in [9.17, 15) is 5.11 Å². The molecule has 1 N–H and O–H groups in total. The molecule has 1 aliphatic heterocycles. The first kappa shape index (κ1) is 13.4. The Morgan fingerprint density at radius 3 is 2.83 bits per heavy atom. The first-order valence-corrected chi connectivity index (χ1v) is 6.57. The highest BCUT2D eigenvalue weighted by Gasteiger charge is 2.28. The Balaban J connectivity index is 2.06. The molecule has 1 aromatic carbocycles. The Labute approximate surface area is 109 Å². The summed E-state index contributed by atoms with van der Waals surface area (Å²) in [6.07, 6.45) is 2.34. The van der Waals surface area contributed by atoms with Crippen molar-refractivity contribution in [1.82, 2.24) is 0 Å². The predicted molar refractivity (Wildman–Crippen MR) is 71.0 cm³/mol. The van der Waals surface area contributed by atoms with Crippen LogP contribution in [0.5, 0.6) is 5.75 Å². The molecule has 0 aliphatic carbocycles. The summed E-state index contributed by atoms with van der Waals surface area (Å²) >= 11 is 0. The van der Waals surface area contributed by atoms with Gasteiger partial charge in [0, 0.05) is 6.42 Å². The van der Waals surface area contributed by atoms with Crippen molar-refractivity contribution < 1.29 is 14.6 Å². The zero-order valence-corrected chi connectivity index (χ0v) is 11.3. The van der Waals surface area contributed by atoms with E-state index in [2.05, 4.69) is 13.0 Å². The van der Waals surface area contributed by atoms with Gasteiger partial charge in [-0.2, -0.15) is 0 Å². The Morgan fingerprint density at radius 2 is 2.22 bits per heavy atom. The van der Waals surface area contributed by atoms with E-state index >= 15 is 0 Å². The monoisotopic (exact) mass is 250 g/mol. The van der Waals surface area contributed by atoms with Crippen molar-refractivity contribution in [1.29, 1.82) is 0 Å². The van der Waals surface area contributed by atoms with E-state index in [0.717, 1.165) is 24.2 Å². The summed E-state index contributed by atoms with van der Waals surface area (Å²) in [5.41, 5.74) is 2.23. The Hall–Kier alpha value is -1.06. The number of aliphatic hydroxyl groups is 1. The molecule has 18 heavy (non-hydrogen) atoms. The SMILES string of the molecule is COc1ccc(C)cc1CC(O)C1CCC(C)O1.